The number of sulfone groups is 1. The van der Waals surface area contributed by atoms with Crippen LogP contribution in [-0.4, -0.2) is 15.5 Å². The van der Waals surface area contributed by atoms with E-state index in [2.05, 4.69) is 0 Å². The summed E-state index contributed by atoms with van der Waals surface area (Å²) in [6.07, 6.45) is 0. The summed E-state index contributed by atoms with van der Waals surface area (Å²) in [6.45, 7) is 1.99. The number of rotatable bonds is 2. The van der Waals surface area contributed by atoms with Crippen LogP contribution in [0.15, 0.2) is 76.5 Å². The maximum atomic E-state index is 13.0. The van der Waals surface area contributed by atoms with Gasteiger partial charge in [0.15, 0.2) is 0 Å². The fourth-order valence-electron chi connectivity index (χ4n) is 3.22. The molecule has 0 aromatic heterocycles. The Morgan fingerprint density at radius 2 is 1.36 bits per heavy atom. The molecule has 0 spiro atoms. The van der Waals surface area contributed by atoms with Gasteiger partial charge in [-0.3, -0.25) is 0 Å². The number of fused-ring (bicyclic) bond motifs is 2. The highest BCUT2D eigenvalue weighted by molar-refractivity contribution is 7.92. The number of methoxy groups -OCH3 is 1. The van der Waals surface area contributed by atoms with E-state index in [1.165, 1.54) is 0 Å². The van der Waals surface area contributed by atoms with Crippen molar-refractivity contribution in [2.75, 3.05) is 12.0 Å². The molecule has 0 fully saturated rings. The zero-order chi connectivity index (χ0) is 17.6. The van der Waals surface area contributed by atoms with Gasteiger partial charge in [-0.2, -0.15) is 0 Å². The maximum Gasteiger partial charge on any atom is 0.210 e. The van der Waals surface area contributed by atoms with Gasteiger partial charge in [-0.05, 0) is 48.9 Å². The molecule has 0 bridgehead atoms. The lowest BCUT2D eigenvalue weighted by molar-refractivity contribution is 0.415. The Kier molecular flexibility index (Phi) is 3.54. The molecule has 0 atom stereocenters. The SMILES string of the molecule is COc1cc(C)ccc1N1c2ccccc2S(=O)(=O)c2ccccc21. The summed E-state index contributed by atoms with van der Waals surface area (Å²) in [5, 5.41) is 0. The third-order valence-electron chi connectivity index (χ3n) is 4.37. The van der Waals surface area contributed by atoms with Gasteiger partial charge >= 0.3 is 0 Å². The minimum Gasteiger partial charge on any atom is -0.495 e. The standard InChI is InChI=1S/C20H17NO3S/c1-14-11-12-15(18(13-14)24-2)21-16-7-3-5-9-19(16)25(22,23)20-10-6-4-8-17(20)21/h3-13H,1-2H3. The summed E-state index contributed by atoms with van der Waals surface area (Å²) in [5.41, 5.74) is 3.14. The first kappa shape index (κ1) is 15.7. The van der Waals surface area contributed by atoms with Crippen molar-refractivity contribution in [2.45, 2.75) is 16.7 Å². The Morgan fingerprint density at radius 1 is 0.800 bits per heavy atom. The van der Waals surface area contributed by atoms with Gasteiger partial charge in [-0.15, -0.1) is 0 Å². The number of benzene rings is 3. The van der Waals surface area contributed by atoms with E-state index in [0.29, 0.717) is 26.9 Å². The molecular weight excluding hydrogens is 334 g/mol. The molecule has 1 aliphatic rings. The van der Waals surface area contributed by atoms with E-state index in [4.69, 9.17) is 4.74 Å². The monoisotopic (exact) mass is 351 g/mol. The third-order valence-corrected chi connectivity index (χ3v) is 6.22. The molecule has 3 aromatic rings. The zero-order valence-electron chi connectivity index (χ0n) is 13.9. The molecule has 4 nitrogen and oxygen atoms in total. The Labute approximate surface area is 147 Å². The number of hydrogen-bond acceptors (Lipinski definition) is 4. The molecule has 0 aliphatic carbocycles. The predicted molar refractivity (Wildman–Crippen MR) is 97.9 cm³/mol. The summed E-state index contributed by atoms with van der Waals surface area (Å²) in [5.74, 6) is 0.698. The van der Waals surface area contributed by atoms with Crippen molar-refractivity contribution >= 4 is 26.9 Å². The predicted octanol–water partition coefficient (Wildman–Crippen LogP) is 4.62. The van der Waals surface area contributed by atoms with Crippen LogP contribution in [0.3, 0.4) is 0 Å². The molecule has 126 valence electrons. The van der Waals surface area contributed by atoms with Crippen molar-refractivity contribution in [3.63, 3.8) is 0 Å². The van der Waals surface area contributed by atoms with Gasteiger partial charge in [0, 0.05) is 0 Å². The molecule has 0 unspecified atom stereocenters. The first-order valence-electron chi connectivity index (χ1n) is 7.92. The molecule has 5 heteroatoms. The van der Waals surface area contributed by atoms with E-state index in [-0.39, 0.29) is 0 Å². The van der Waals surface area contributed by atoms with Crippen LogP contribution in [0.25, 0.3) is 0 Å². The first-order valence-corrected chi connectivity index (χ1v) is 9.40. The second kappa shape index (κ2) is 5.63. The van der Waals surface area contributed by atoms with Crippen molar-refractivity contribution in [3.05, 3.63) is 72.3 Å². The number of ether oxygens (including phenoxy) is 1. The van der Waals surface area contributed by atoms with Gasteiger partial charge in [0.1, 0.15) is 5.75 Å². The lowest BCUT2D eigenvalue weighted by Crippen LogP contribution is -2.22. The quantitative estimate of drug-likeness (QED) is 0.529. The lowest BCUT2D eigenvalue weighted by Gasteiger charge is -2.33. The first-order chi connectivity index (χ1) is 12.0. The van der Waals surface area contributed by atoms with Crippen LogP contribution in [0.2, 0.25) is 0 Å². The smallest absolute Gasteiger partial charge is 0.210 e. The Bertz CT molecular complexity index is 1020. The van der Waals surface area contributed by atoms with Crippen molar-refractivity contribution in [1.82, 2.24) is 0 Å². The third kappa shape index (κ3) is 2.31. The summed E-state index contributed by atoms with van der Waals surface area (Å²) in [6, 6.07) is 20.0. The average molecular weight is 351 g/mol. The zero-order valence-corrected chi connectivity index (χ0v) is 14.7. The molecule has 1 aliphatic heterocycles. The summed E-state index contributed by atoms with van der Waals surface area (Å²) in [4.78, 5) is 2.55. The van der Waals surface area contributed by atoms with Gasteiger partial charge < -0.3 is 9.64 Å². The maximum absolute atomic E-state index is 13.0. The molecule has 0 saturated heterocycles. The Balaban J connectivity index is 2.08. The van der Waals surface area contributed by atoms with E-state index in [1.54, 1.807) is 31.4 Å². The molecule has 4 rings (SSSR count). The fraction of sp³-hybridized carbons (Fsp3) is 0.100. The number of aryl methyl sites for hydroxylation is 1. The topological polar surface area (TPSA) is 46.6 Å². The molecule has 0 saturated carbocycles. The van der Waals surface area contributed by atoms with E-state index in [9.17, 15) is 8.42 Å². The summed E-state index contributed by atoms with van der Waals surface area (Å²) < 4.78 is 31.6. The minimum absolute atomic E-state index is 0.302. The number of hydrogen-bond donors (Lipinski definition) is 0. The average Bonchev–Trinajstić information content (AvgIpc) is 2.63. The Morgan fingerprint density at radius 3 is 1.92 bits per heavy atom. The summed E-state index contributed by atoms with van der Waals surface area (Å²) >= 11 is 0. The second-order valence-electron chi connectivity index (χ2n) is 5.95. The number of anilines is 3. The molecule has 25 heavy (non-hydrogen) atoms. The van der Waals surface area contributed by atoms with E-state index in [0.717, 1.165) is 11.3 Å². The van der Waals surface area contributed by atoms with Gasteiger partial charge in [-0.25, -0.2) is 8.42 Å². The molecular formula is C20H17NO3S. The largest absolute Gasteiger partial charge is 0.495 e. The fourth-order valence-corrected chi connectivity index (χ4v) is 4.84. The van der Waals surface area contributed by atoms with Crippen LogP contribution < -0.4 is 9.64 Å². The molecule has 0 N–H and O–H groups in total. The van der Waals surface area contributed by atoms with Gasteiger partial charge in [0.2, 0.25) is 9.84 Å². The van der Waals surface area contributed by atoms with Crippen molar-refractivity contribution in [3.8, 4) is 5.75 Å². The van der Waals surface area contributed by atoms with Crippen LogP contribution >= 0.6 is 0 Å². The van der Waals surface area contributed by atoms with Crippen LogP contribution in [0.4, 0.5) is 17.1 Å². The highest BCUT2D eigenvalue weighted by Crippen LogP contribution is 2.49. The van der Waals surface area contributed by atoms with E-state index >= 15 is 0 Å². The highest BCUT2D eigenvalue weighted by Gasteiger charge is 2.35. The van der Waals surface area contributed by atoms with Gasteiger partial charge in [-0.1, -0.05) is 30.3 Å². The molecule has 0 amide bonds. The van der Waals surface area contributed by atoms with Crippen LogP contribution in [0.5, 0.6) is 5.75 Å². The molecule has 1 heterocycles. The van der Waals surface area contributed by atoms with Gasteiger partial charge in [0.05, 0.1) is 34.0 Å². The van der Waals surface area contributed by atoms with Crippen molar-refractivity contribution in [2.24, 2.45) is 0 Å². The van der Waals surface area contributed by atoms with Crippen molar-refractivity contribution in [1.29, 1.82) is 0 Å². The number of nitrogens with zero attached hydrogens (tertiary/aromatic N) is 1. The van der Waals surface area contributed by atoms with Crippen molar-refractivity contribution < 1.29 is 13.2 Å². The summed E-state index contributed by atoms with van der Waals surface area (Å²) in [7, 11) is -1.93. The molecule has 3 aromatic carbocycles. The Hall–Kier alpha value is -2.79. The van der Waals surface area contributed by atoms with E-state index < -0.39 is 9.84 Å². The van der Waals surface area contributed by atoms with Crippen LogP contribution in [-0.2, 0) is 9.84 Å². The second-order valence-corrected chi connectivity index (χ2v) is 7.84. The minimum atomic E-state index is -3.55. The molecule has 0 radical (unpaired) electrons. The number of para-hydroxylation sites is 2. The van der Waals surface area contributed by atoms with Crippen LogP contribution in [0, 0.1) is 6.92 Å². The lowest BCUT2D eigenvalue weighted by atomic mass is 10.1. The van der Waals surface area contributed by atoms with Crippen LogP contribution in [0.1, 0.15) is 5.56 Å². The normalized spacial score (nSPS) is 14.6. The highest BCUT2D eigenvalue weighted by atomic mass is 32.2. The van der Waals surface area contributed by atoms with E-state index in [1.807, 2.05) is 54.3 Å². The van der Waals surface area contributed by atoms with Gasteiger partial charge in [0.25, 0.3) is 0 Å².